The third-order valence-corrected chi connectivity index (χ3v) is 0.158. The fourth-order valence-corrected chi connectivity index (χ4v) is 0. The Morgan fingerprint density at radius 2 is 2.25 bits per heavy atom. The van der Waals surface area contributed by atoms with E-state index in [9.17, 15) is 0 Å². The minimum atomic E-state index is 1.90. The summed E-state index contributed by atoms with van der Waals surface area (Å²) in [6, 6.07) is 0. The van der Waals surface area contributed by atoms with E-state index in [0.717, 1.165) is 0 Å². The minimum Gasteiger partial charge on any atom is -0.281 e. The maximum absolute atomic E-state index is 7.24. The number of hydrogen-bond donors (Lipinski definition) is 2. The molecule has 4 heteroatoms. The summed E-state index contributed by atoms with van der Waals surface area (Å²) >= 11 is 1.93. The van der Waals surface area contributed by atoms with Crippen molar-refractivity contribution in [1.82, 2.24) is 4.46 Å². The van der Waals surface area contributed by atoms with Gasteiger partial charge in [0.05, 0.1) is 0 Å². The van der Waals surface area contributed by atoms with Gasteiger partial charge in [0, 0.05) is 0 Å². The molecule has 0 bridgehead atoms. The van der Waals surface area contributed by atoms with Crippen molar-refractivity contribution in [3.05, 3.63) is 0 Å². The highest BCUT2D eigenvalue weighted by Crippen LogP contribution is 1.29. The zero-order valence-electron chi connectivity index (χ0n) is 1.93. The van der Waals surface area contributed by atoms with Crippen LogP contribution in [-0.4, -0.2) is 21.8 Å². The first-order valence-electron chi connectivity index (χ1n) is 0.675. The van der Waals surface area contributed by atoms with Gasteiger partial charge in [0.2, 0.25) is 0 Å². The van der Waals surface area contributed by atoms with Crippen LogP contribution in [0.25, 0.3) is 0 Å². The summed E-state index contributed by atoms with van der Waals surface area (Å²) in [5.41, 5.74) is 0. The van der Waals surface area contributed by atoms with Gasteiger partial charge in [-0.1, -0.05) is 0 Å². The molecule has 0 atom stereocenters. The Morgan fingerprint density at radius 3 is 2.25 bits per heavy atom. The van der Waals surface area contributed by atoms with Crippen LogP contribution < -0.4 is 4.46 Å². The van der Waals surface area contributed by atoms with E-state index < -0.39 is 0 Å². The summed E-state index contributed by atoms with van der Waals surface area (Å²) in [6.45, 7) is 0. The van der Waals surface area contributed by atoms with Crippen molar-refractivity contribution in [3.8, 4) is 0 Å². The first-order chi connectivity index (χ1) is 1.91. The Kier molecular flexibility index (Phi) is 3.76. The maximum Gasteiger partial charge on any atom is 0.306 e. The van der Waals surface area contributed by atoms with Crippen LogP contribution in [0.5, 0.6) is 0 Å². The van der Waals surface area contributed by atoms with Crippen molar-refractivity contribution in [3.63, 3.8) is 0 Å². The van der Waals surface area contributed by atoms with Crippen LogP contribution in [-0.2, 0) is 4.99 Å². The first-order valence-corrected chi connectivity index (χ1v) is 1.25. The van der Waals surface area contributed by atoms with Crippen molar-refractivity contribution in [2.45, 2.75) is 0 Å². The normalized spacial score (nSPS) is 7.25. The number of hydrogen-bond acceptors (Lipinski definition) is 3. The Bertz CT molecular complexity index is 8.00. The molecule has 0 spiro atoms. The molecule has 3 nitrogen and oxygen atoms in total. The van der Waals surface area contributed by atoms with E-state index in [2.05, 4.69) is 4.99 Å². The molecular weight excluding hydrogens is 73.0 g/mol. The largest absolute Gasteiger partial charge is 0.306 e. The summed E-state index contributed by atoms with van der Waals surface area (Å²) in [6.07, 6.45) is 0. The van der Waals surface area contributed by atoms with Crippen molar-refractivity contribution in [1.29, 1.82) is 0 Å². The molecule has 0 aromatic rings. The molecule has 0 aliphatic rings. The molecule has 2 radical (unpaired) electrons. The molecule has 0 saturated heterocycles. The van der Waals surface area contributed by atoms with Crippen molar-refractivity contribution >= 4 is 16.5 Å². The smallest absolute Gasteiger partial charge is 0.281 e. The lowest BCUT2D eigenvalue weighted by Crippen LogP contribution is -2.03. The molecule has 4 heavy (non-hydrogen) atoms. The first kappa shape index (κ1) is 4.41. The zero-order valence-corrected chi connectivity index (χ0v) is 3.09. The van der Waals surface area contributed by atoms with Crippen molar-refractivity contribution in [2.75, 3.05) is 0 Å². The van der Waals surface area contributed by atoms with E-state index >= 15 is 0 Å². The molecule has 0 fully saturated rings. The van der Waals surface area contributed by atoms with E-state index in [-0.39, 0.29) is 0 Å². The molecule has 0 aromatic carbocycles. The van der Waals surface area contributed by atoms with Crippen LogP contribution in [0.3, 0.4) is 0 Å². The van der Waals surface area contributed by atoms with Gasteiger partial charge in [-0.05, 0) is 0 Å². The molecule has 0 rings (SSSR count). The molecule has 0 aliphatic carbocycles. The van der Waals surface area contributed by atoms with Gasteiger partial charge in [0.15, 0.2) is 0 Å². The van der Waals surface area contributed by atoms with Gasteiger partial charge in [-0.2, -0.15) is 4.99 Å². The SMILES string of the molecule is OO[NH][Al]. The number of nitrogens with one attached hydrogen (secondary N) is 1. The van der Waals surface area contributed by atoms with Gasteiger partial charge in [-0.15, -0.1) is 0 Å². The van der Waals surface area contributed by atoms with E-state index in [1.54, 1.807) is 0 Å². The molecule has 0 heterocycles. The van der Waals surface area contributed by atoms with Gasteiger partial charge in [0.1, 0.15) is 0 Å². The molecular formula is H2AlNO2. The minimum absolute atomic E-state index is 1.90. The van der Waals surface area contributed by atoms with Crippen LogP contribution >= 0.6 is 0 Å². The molecule has 0 amide bonds. The summed E-state index contributed by atoms with van der Waals surface area (Å²) in [4.78, 5) is 3.25. The van der Waals surface area contributed by atoms with Gasteiger partial charge >= 0.3 is 16.5 Å². The molecule has 22 valence electrons. The maximum atomic E-state index is 7.24. The Morgan fingerprint density at radius 1 is 2.00 bits per heavy atom. The molecule has 0 unspecified atom stereocenters. The highest BCUT2D eigenvalue weighted by Gasteiger charge is 1.49. The van der Waals surface area contributed by atoms with E-state index in [1.807, 2.05) is 21.0 Å². The van der Waals surface area contributed by atoms with Crippen LogP contribution in [0.2, 0.25) is 0 Å². The fraction of sp³-hybridized carbons (Fsp3) is 0. The second-order valence-corrected chi connectivity index (χ2v) is 0.445. The quantitative estimate of drug-likeness (QED) is 0.240. The zero-order chi connectivity index (χ0) is 3.41. The molecule has 0 aromatic heterocycles. The van der Waals surface area contributed by atoms with E-state index in [1.165, 1.54) is 0 Å². The van der Waals surface area contributed by atoms with Crippen molar-refractivity contribution in [2.24, 2.45) is 0 Å². The Labute approximate surface area is 32.1 Å². The van der Waals surface area contributed by atoms with Gasteiger partial charge in [0.25, 0.3) is 0 Å². The van der Waals surface area contributed by atoms with Gasteiger partial charge in [-0.25, -0.2) is 5.26 Å². The third-order valence-electron chi connectivity index (χ3n) is 0.0527. The highest BCUT2D eigenvalue weighted by molar-refractivity contribution is 6.03. The molecule has 0 saturated carbocycles. The second kappa shape index (κ2) is 3.41. The average Bonchev–Trinajstić information content (AvgIpc) is 1.37. The standard InChI is InChI=1S/Al.H2NO2/c;1-3-2/h;1-2H/q+1;-1. The molecule has 0 aliphatic heterocycles. The predicted molar refractivity (Wildman–Crippen MR) is 12.6 cm³/mol. The lowest BCUT2D eigenvalue weighted by molar-refractivity contribution is -0.269. The summed E-state index contributed by atoms with van der Waals surface area (Å²) < 4.78 is 1.90. The lowest BCUT2D eigenvalue weighted by Gasteiger charge is -1.79. The van der Waals surface area contributed by atoms with Gasteiger partial charge < -0.3 is 0 Å². The second-order valence-electron chi connectivity index (χ2n) is 0.209. The lowest BCUT2D eigenvalue weighted by atomic mass is 13.5. The van der Waals surface area contributed by atoms with Crippen LogP contribution in [0.15, 0.2) is 0 Å². The van der Waals surface area contributed by atoms with Crippen LogP contribution in [0, 0.1) is 0 Å². The summed E-state index contributed by atoms with van der Waals surface area (Å²) in [5, 5.41) is 7.24. The summed E-state index contributed by atoms with van der Waals surface area (Å²) in [7, 11) is 0. The van der Waals surface area contributed by atoms with Crippen molar-refractivity contribution < 1.29 is 10.2 Å². The predicted octanol–water partition coefficient (Wildman–Crippen LogP) is -0.936. The van der Waals surface area contributed by atoms with Gasteiger partial charge in [-0.3, -0.25) is 4.46 Å². The average molecular weight is 75.0 g/mol. The Balaban J connectivity index is 1.97. The molecule has 2 N–H and O–H groups in total. The topological polar surface area (TPSA) is 41.5 Å². The monoisotopic (exact) mass is 75.0 g/mol. The van der Waals surface area contributed by atoms with Crippen LogP contribution in [0.4, 0.5) is 0 Å². The van der Waals surface area contributed by atoms with Crippen LogP contribution in [0.1, 0.15) is 0 Å². The van der Waals surface area contributed by atoms with E-state index in [0.29, 0.717) is 0 Å². The fourth-order valence-electron chi connectivity index (χ4n) is 0. The Hall–Kier alpha value is 0.412. The van der Waals surface area contributed by atoms with E-state index in [4.69, 9.17) is 5.26 Å². The highest BCUT2D eigenvalue weighted by atomic mass is 27.1. The summed E-state index contributed by atoms with van der Waals surface area (Å²) in [5.74, 6) is 0. The number of rotatable bonds is 1. The third kappa shape index (κ3) is 2.41.